The molecule has 6 heterocycles. The Kier molecular flexibility index (Phi) is 16.5. The van der Waals surface area contributed by atoms with Crippen molar-refractivity contribution in [3.05, 3.63) is 126 Å². The summed E-state index contributed by atoms with van der Waals surface area (Å²) in [6, 6.07) is 22.1. The SMILES string of the molecule is CCC(=O)[C@@H](NC(=O)c1nc(-c2ccccc2)n2c1CN(c1ncccn1)CC2)C(C)(C)C.CCC(=O)[C@@H](NC(=O)c1nc(-c2ccccc2)n2c1CNCC2)C(C)(C)C.Clc1ncccn1. The number of imidazole rings is 2. The van der Waals surface area contributed by atoms with Gasteiger partial charge in [-0.1, -0.05) is 116 Å². The van der Waals surface area contributed by atoms with Gasteiger partial charge in [0.25, 0.3) is 11.8 Å². The molecule has 2 aromatic carbocycles. The molecule has 0 saturated heterocycles. The molecule has 0 bridgehead atoms. The van der Waals surface area contributed by atoms with Crippen LogP contribution in [0, 0.1) is 10.8 Å². The molecule has 0 fully saturated rings. The Morgan fingerprint density at radius 2 is 1.07 bits per heavy atom. The van der Waals surface area contributed by atoms with Gasteiger partial charge in [-0.05, 0) is 34.6 Å². The fourth-order valence-corrected chi connectivity index (χ4v) is 8.04. The number of Topliss-reactive ketones (excluding diaryl/α,β-unsaturated/α-hetero) is 2. The summed E-state index contributed by atoms with van der Waals surface area (Å²) in [5, 5.41) is 9.53. The minimum Gasteiger partial charge on any atom is -0.340 e. The van der Waals surface area contributed by atoms with Crippen LogP contribution in [-0.2, 0) is 35.8 Å². The number of halogens is 1. The Labute approximate surface area is 397 Å². The average Bonchev–Trinajstić information content (AvgIpc) is 3.92. The van der Waals surface area contributed by atoms with Gasteiger partial charge in [0.05, 0.1) is 30.0 Å². The summed E-state index contributed by atoms with van der Waals surface area (Å²) in [7, 11) is 0. The number of rotatable bonds is 11. The van der Waals surface area contributed by atoms with Crippen molar-refractivity contribution in [2.24, 2.45) is 10.8 Å². The second-order valence-corrected chi connectivity index (χ2v) is 18.7. The summed E-state index contributed by atoms with van der Waals surface area (Å²) in [4.78, 5) is 79.1. The van der Waals surface area contributed by atoms with Crippen molar-refractivity contribution in [2.75, 3.05) is 18.0 Å². The Hall–Kier alpha value is -6.65. The van der Waals surface area contributed by atoms with Crippen LogP contribution in [-0.4, -0.2) is 87.6 Å². The molecular weight excluding hydrogens is 868 g/mol. The van der Waals surface area contributed by atoms with E-state index in [2.05, 4.69) is 50.0 Å². The fourth-order valence-electron chi connectivity index (χ4n) is 7.92. The van der Waals surface area contributed by atoms with Crippen LogP contribution < -0.4 is 20.9 Å². The van der Waals surface area contributed by atoms with Gasteiger partial charge < -0.3 is 30.0 Å². The number of ketones is 2. The predicted octanol–water partition coefficient (Wildman–Crippen LogP) is 7.39. The molecule has 2 amide bonds. The van der Waals surface area contributed by atoms with Crippen LogP contribution in [0.15, 0.2) is 97.6 Å². The van der Waals surface area contributed by atoms with Gasteiger partial charge in [0.1, 0.15) is 11.6 Å². The van der Waals surface area contributed by atoms with E-state index in [1.807, 2.05) is 121 Å². The highest BCUT2D eigenvalue weighted by Gasteiger charge is 2.36. The predicted molar refractivity (Wildman–Crippen MR) is 259 cm³/mol. The monoisotopic (exact) mass is 928 g/mol. The summed E-state index contributed by atoms with van der Waals surface area (Å²) in [5.74, 6) is 1.58. The van der Waals surface area contributed by atoms with Gasteiger partial charge in [-0.25, -0.2) is 29.9 Å². The molecule has 3 N–H and O–H groups in total. The number of carbonyl (C=O) groups excluding carboxylic acids is 4. The van der Waals surface area contributed by atoms with E-state index in [4.69, 9.17) is 16.6 Å². The van der Waals surface area contributed by atoms with Crippen LogP contribution in [0.1, 0.15) is 101 Å². The van der Waals surface area contributed by atoms with Crippen molar-refractivity contribution in [3.8, 4) is 22.8 Å². The number of carbonyl (C=O) groups is 4. The first-order valence-corrected chi connectivity index (χ1v) is 23.0. The first-order chi connectivity index (χ1) is 32.0. The van der Waals surface area contributed by atoms with Crippen molar-refractivity contribution in [1.29, 1.82) is 0 Å². The second kappa shape index (κ2) is 22.2. The normalized spacial score (nSPS) is 14.1. The average molecular weight is 930 g/mol. The van der Waals surface area contributed by atoms with Gasteiger partial charge in [-0.15, -0.1) is 0 Å². The standard InChI is InChI=1S/C25H30N6O2.C21H28N4O2.C4H3ClN2/c1-5-19(32)21(25(2,3)4)29-23(33)20-18-16-30(24-26-12-9-13-27-24)14-15-31(18)22(28-20)17-10-7-6-8-11-17;1-5-16(26)18(21(2,3)4)24-20(27)17-15-13-22-11-12-25(15)19(23-17)14-9-7-6-8-10-14;5-4-6-2-1-3-7-4/h6-13,21H,5,14-16H2,1-4H3,(H,29,33);6-10,18,22H,5,11-13H2,1-4H3,(H,24,27);1-3H/t21-;18-;/m11./s1. The molecule has 352 valence electrons. The third-order valence-corrected chi connectivity index (χ3v) is 11.6. The van der Waals surface area contributed by atoms with Crippen LogP contribution in [0.2, 0.25) is 5.28 Å². The molecule has 6 aromatic rings. The van der Waals surface area contributed by atoms with Gasteiger partial charge in [0.15, 0.2) is 23.0 Å². The Morgan fingerprint density at radius 1 is 0.627 bits per heavy atom. The summed E-state index contributed by atoms with van der Waals surface area (Å²) < 4.78 is 4.20. The van der Waals surface area contributed by atoms with Crippen molar-refractivity contribution < 1.29 is 19.2 Å². The summed E-state index contributed by atoms with van der Waals surface area (Å²) in [6.07, 6.45) is 7.35. The minimum absolute atomic E-state index is 0.00604. The van der Waals surface area contributed by atoms with Gasteiger partial charge in [0, 0.05) is 81.5 Å². The van der Waals surface area contributed by atoms with Gasteiger partial charge in [0.2, 0.25) is 11.2 Å². The van der Waals surface area contributed by atoms with E-state index in [1.54, 1.807) is 36.9 Å². The molecule has 67 heavy (non-hydrogen) atoms. The topological polar surface area (TPSA) is 195 Å². The van der Waals surface area contributed by atoms with Crippen LogP contribution >= 0.6 is 11.6 Å². The molecule has 4 aromatic heterocycles. The molecule has 0 aliphatic carbocycles. The molecule has 0 spiro atoms. The molecule has 8 rings (SSSR count). The third kappa shape index (κ3) is 12.4. The highest BCUT2D eigenvalue weighted by Crippen LogP contribution is 2.30. The van der Waals surface area contributed by atoms with Gasteiger partial charge in [-0.3, -0.25) is 19.2 Å². The van der Waals surface area contributed by atoms with Crippen LogP contribution in [0.5, 0.6) is 0 Å². The maximum absolute atomic E-state index is 13.5. The lowest BCUT2D eigenvalue weighted by Gasteiger charge is -2.31. The van der Waals surface area contributed by atoms with Crippen molar-refractivity contribution in [3.63, 3.8) is 0 Å². The fraction of sp³-hybridized carbons (Fsp3) is 0.400. The van der Waals surface area contributed by atoms with Crippen LogP contribution in [0.25, 0.3) is 22.8 Å². The smallest absolute Gasteiger partial charge is 0.272 e. The molecule has 2 aliphatic heterocycles. The van der Waals surface area contributed by atoms with E-state index in [0.29, 0.717) is 61.6 Å². The Morgan fingerprint density at radius 3 is 1.51 bits per heavy atom. The number of benzene rings is 2. The third-order valence-electron chi connectivity index (χ3n) is 11.4. The highest BCUT2D eigenvalue weighted by molar-refractivity contribution is 6.28. The number of nitrogens with one attached hydrogen (secondary N) is 3. The number of fused-ring (bicyclic) bond motifs is 2. The number of nitrogens with zero attached hydrogens (tertiary/aromatic N) is 9. The summed E-state index contributed by atoms with van der Waals surface area (Å²) >= 11 is 5.32. The van der Waals surface area contributed by atoms with Crippen molar-refractivity contribution in [1.82, 2.24) is 55.0 Å². The highest BCUT2D eigenvalue weighted by atomic mass is 35.5. The number of hydrogen-bond donors (Lipinski definition) is 3. The summed E-state index contributed by atoms with van der Waals surface area (Å²) in [6.45, 7) is 19.4. The van der Waals surface area contributed by atoms with Crippen LogP contribution in [0.4, 0.5) is 5.95 Å². The maximum atomic E-state index is 13.5. The number of hydrogen-bond acceptors (Lipinski definition) is 12. The van der Waals surface area contributed by atoms with E-state index >= 15 is 0 Å². The van der Waals surface area contributed by atoms with Crippen molar-refractivity contribution >= 4 is 40.9 Å². The van der Waals surface area contributed by atoms with Gasteiger partial charge >= 0.3 is 0 Å². The van der Waals surface area contributed by atoms with Crippen LogP contribution in [0.3, 0.4) is 0 Å². The number of anilines is 1. The Bertz CT molecular complexity index is 2610. The number of aromatic nitrogens is 8. The first kappa shape index (κ1) is 49.8. The van der Waals surface area contributed by atoms with E-state index in [9.17, 15) is 19.2 Å². The molecule has 0 radical (unpaired) electrons. The largest absolute Gasteiger partial charge is 0.340 e. The quantitative estimate of drug-likeness (QED) is 0.109. The van der Waals surface area contributed by atoms with Gasteiger partial charge in [-0.2, -0.15) is 0 Å². The zero-order valence-electron chi connectivity index (χ0n) is 39.6. The van der Waals surface area contributed by atoms with E-state index < -0.39 is 17.5 Å². The van der Waals surface area contributed by atoms with E-state index in [-0.39, 0.29) is 28.8 Å². The molecule has 17 heteroatoms. The lowest BCUT2D eigenvalue weighted by molar-refractivity contribution is -0.123. The number of amides is 2. The molecule has 0 unspecified atom stereocenters. The molecule has 2 atom stereocenters. The minimum atomic E-state index is -0.593. The lowest BCUT2D eigenvalue weighted by atomic mass is 9.83. The van der Waals surface area contributed by atoms with E-state index in [0.717, 1.165) is 47.3 Å². The van der Waals surface area contributed by atoms with Crippen molar-refractivity contribution in [2.45, 2.75) is 106 Å². The summed E-state index contributed by atoms with van der Waals surface area (Å²) in [5.41, 5.74) is 3.57. The first-order valence-electron chi connectivity index (χ1n) is 22.6. The second-order valence-electron chi connectivity index (χ2n) is 18.3. The molecule has 2 aliphatic rings. The zero-order valence-corrected chi connectivity index (χ0v) is 40.3. The molecular formula is C50H61ClN12O4. The maximum Gasteiger partial charge on any atom is 0.272 e. The van der Waals surface area contributed by atoms with E-state index in [1.165, 1.54) is 0 Å². The Balaban J connectivity index is 0.000000195. The molecule has 16 nitrogen and oxygen atoms in total. The molecule has 0 saturated carbocycles. The lowest BCUT2D eigenvalue weighted by Crippen LogP contribution is -2.49. The zero-order chi connectivity index (χ0) is 48.3.